The van der Waals surface area contributed by atoms with Gasteiger partial charge in [0.05, 0.1) is 13.2 Å². The second-order valence-corrected chi connectivity index (χ2v) is 2.79. The van der Waals surface area contributed by atoms with Gasteiger partial charge in [-0.05, 0) is 0 Å². The van der Waals surface area contributed by atoms with Gasteiger partial charge in [0.2, 0.25) is 0 Å². The number of hydrogen-bond acceptors (Lipinski definition) is 3. The van der Waals surface area contributed by atoms with Crippen molar-refractivity contribution in [1.29, 1.82) is 0 Å². The van der Waals surface area contributed by atoms with Crippen molar-refractivity contribution in [3.63, 3.8) is 0 Å². The molecule has 0 aromatic heterocycles. The van der Waals surface area contributed by atoms with Gasteiger partial charge < -0.3 is 0 Å². The molecule has 2 fully saturated rings. The Hall–Kier alpha value is 0.0700. The molecule has 1 saturated heterocycles. The minimum Gasteiger partial charge on any atom is -0.266 e. The minimum absolute atomic E-state index is 0.465. The lowest BCUT2D eigenvalue weighted by molar-refractivity contribution is 0.365. The van der Waals surface area contributed by atoms with Crippen molar-refractivity contribution in [2.45, 2.75) is 19.3 Å². The summed E-state index contributed by atoms with van der Waals surface area (Å²) in [5.41, 5.74) is 0. The van der Waals surface area contributed by atoms with Crippen LogP contribution in [0.1, 0.15) is 19.3 Å². The Morgan fingerprint density at radius 3 is 1.56 bits per heavy atom. The van der Waals surface area contributed by atoms with E-state index in [-0.39, 0.29) is 0 Å². The van der Waals surface area contributed by atoms with Crippen molar-refractivity contribution in [2.24, 2.45) is 0 Å². The second kappa shape index (κ2) is 3.98. The highest BCUT2D eigenvalue weighted by molar-refractivity contribution is 7.75. The normalized spacial score (nSPS) is 24.9. The third-order valence-corrected chi connectivity index (χ3v) is 1.51. The van der Waals surface area contributed by atoms with Crippen molar-refractivity contribution in [1.82, 2.24) is 0 Å². The fourth-order valence-corrected chi connectivity index (χ4v) is 0.714. The average Bonchev–Trinajstić information content (AvgIpc) is 2.64. The van der Waals surface area contributed by atoms with Gasteiger partial charge in [0.1, 0.15) is 0 Å². The Morgan fingerprint density at radius 2 is 1.44 bits per heavy atom. The first-order chi connectivity index (χ1) is 4.39. The van der Waals surface area contributed by atoms with Crippen molar-refractivity contribution < 1.29 is 12.6 Å². The Balaban J connectivity index is 0.000000112. The third-order valence-electron chi connectivity index (χ3n) is 0.796. The SMILES string of the molecule is C1CC1.O=S1OCCO1. The summed E-state index contributed by atoms with van der Waals surface area (Å²) in [6, 6.07) is 0. The first kappa shape index (κ1) is 7.18. The van der Waals surface area contributed by atoms with Gasteiger partial charge in [-0.15, -0.1) is 0 Å². The lowest BCUT2D eigenvalue weighted by atomic mass is 10.8. The molecule has 0 N–H and O–H groups in total. The van der Waals surface area contributed by atoms with Gasteiger partial charge in [-0.1, -0.05) is 19.3 Å². The first-order valence-electron chi connectivity index (χ1n) is 3.08. The van der Waals surface area contributed by atoms with Gasteiger partial charge in [0.15, 0.2) is 0 Å². The zero-order valence-electron chi connectivity index (χ0n) is 5.17. The van der Waals surface area contributed by atoms with Crippen LogP contribution in [0.4, 0.5) is 0 Å². The topological polar surface area (TPSA) is 35.5 Å². The van der Waals surface area contributed by atoms with Crippen LogP contribution in [0.3, 0.4) is 0 Å². The molecule has 1 aliphatic carbocycles. The van der Waals surface area contributed by atoms with E-state index in [2.05, 4.69) is 8.37 Å². The summed E-state index contributed by atoms with van der Waals surface area (Å²) in [4.78, 5) is 0. The van der Waals surface area contributed by atoms with Crippen LogP contribution >= 0.6 is 0 Å². The number of hydrogen-bond donors (Lipinski definition) is 0. The van der Waals surface area contributed by atoms with Crippen molar-refractivity contribution in [3.8, 4) is 0 Å². The molecule has 4 heteroatoms. The smallest absolute Gasteiger partial charge is 0.266 e. The molecular weight excluding hydrogens is 140 g/mol. The minimum atomic E-state index is -1.42. The van der Waals surface area contributed by atoms with E-state index in [1.165, 1.54) is 19.3 Å². The highest BCUT2D eigenvalue weighted by Gasteiger charge is 2.07. The third kappa shape index (κ3) is 4.57. The highest BCUT2D eigenvalue weighted by Crippen LogP contribution is 2.14. The zero-order chi connectivity index (χ0) is 6.53. The van der Waals surface area contributed by atoms with Gasteiger partial charge in [-0.3, -0.25) is 8.37 Å². The largest absolute Gasteiger partial charge is 0.304 e. The fraction of sp³-hybridized carbons (Fsp3) is 1.00. The van der Waals surface area contributed by atoms with Gasteiger partial charge >= 0.3 is 11.4 Å². The van der Waals surface area contributed by atoms with Gasteiger partial charge in [-0.25, -0.2) is 0 Å². The average molecular weight is 150 g/mol. The molecule has 0 atom stereocenters. The summed E-state index contributed by atoms with van der Waals surface area (Å²) < 4.78 is 18.7. The molecule has 1 saturated carbocycles. The predicted molar refractivity (Wildman–Crippen MR) is 33.9 cm³/mol. The standard InChI is InChI=1S/C3H6.C2H4O3S/c1-2-3-1;3-6-4-1-2-5-6/h1-3H2;1-2H2. The maximum Gasteiger partial charge on any atom is 0.304 e. The molecule has 0 amide bonds. The maximum atomic E-state index is 9.91. The van der Waals surface area contributed by atoms with Gasteiger partial charge in [0, 0.05) is 0 Å². The molecule has 0 radical (unpaired) electrons. The van der Waals surface area contributed by atoms with E-state index in [0.29, 0.717) is 13.2 Å². The van der Waals surface area contributed by atoms with E-state index in [9.17, 15) is 4.21 Å². The lowest BCUT2D eigenvalue weighted by Gasteiger charge is -1.76. The molecule has 0 aromatic carbocycles. The zero-order valence-corrected chi connectivity index (χ0v) is 5.99. The molecule has 0 aromatic rings. The monoisotopic (exact) mass is 150 g/mol. The Labute approximate surface area is 57.2 Å². The van der Waals surface area contributed by atoms with Gasteiger partial charge in [-0.2, -0.15) is 4.21 Å². The van der Waals surface area contributed by atoms with Crippen LogP contribution in [0.25, 0.3) is 0 Å². The molecular formula is C5H10O3S. The summed E-state index contributed by atoms with van der Waals surface area (Å²) in [6.45, 7) is 0.930. The quantitative estimate of drug-likeness (QED) is 0.512. The Morgan fingerprint density at radius 1 is 1.00 bits per heavy atom. The van der Waals surface area contributed by atoms with E-state index in [1.54, 1.807) is 0 Å². The molecule has 0 bridgehead atoms. The van der Waals surface area contributed by atoms with E-state index in [0.717, 1.165) is 0 Å². The summed E-state index contributed by atoms with van der Waals surface area (Å²) in [6.07, 6.45) is 4.50. The Bertz CT molecular complexity index is 91.6. The van der Waals surface area contributed by atoms with E-state index >= 15 is 0 Å². The van der Waals surface area contributed by atoms with Crippen LogP contribution in [0.5, 0.6) is 0 Å². The van der Waals surface area contributed by atoms with Crippen LogP contribution in [-0.4, -0.2) is 17.4 Å². The van der Waals surface area contributed by atoms with Crippen LogP contribution in [0.15, 0.2) is 0 Å². The molecule has 54 valence electrons. The van der Waals surface area contributed by atoms with Crippen LogP contribution in [0, 0.1) is 0 Å². The van der Waals surface area contributed by atoms with Crippen molar-refractivity contribution >= 4 is 11.4 Å². The molecule has 0 spiro atoms. The van der Waals surface area contributed by atoms with Crippen LogP contribution in [0.2, 0.25) is 0 Å². The van der Waals surface area contributed by atoms with Crippen molar-refractivity contribution in [2.75, 3.05) is 13.2 Å². The van der Waals surface area contributed by atoms with Crippen LogP contribution in [-0.2, 0) is 19.7 Å². The molecule has 9 heavy (non-hydrogen) atoms. The lowest BCUT2D eigenvalue weighted by Crippen LogP contribution is -1.81. The Kier molecular flexibility index (Phi) is 3.17. The van der Waals surface area contributed by atoms with E-state index < -0.39 is 11.4 Å². The number of rotatable bonds is 0. The summed E-state index contributed by atoms with van der Waals surface area (Å²) in [5.74, 6) is 0. The van der Waals surface area contributed by atoms with E-state index in [4.69, 9.17) is 0 Å². The predicted octanol–water partition coefficient (Wildman–Crippen LogP) is 0.782. The van der Waals surface area contributed by atoms with Crippen LogP contribution < -0.4 is 0 Å². The molecule has 2 rings (SSSR count). The molecule has 1 heterocycles. The van der Waals surface area contributed by atoms with Crippen molar-refractivity contribution in [3.05, 3.63) is 0 Å². The second-order valence-electron chi connectivity index (χ2n) is 1.91. The molecule has 2 aliphatic rings. The van der Waals surface area contributed by atoms with Gasteiger partial charge in [0.25, 0.3) is 0 Å². The highest BCUT2D eigenvalue weighted by atomic mass is 32.2. The summed E-state index contributed by atoms with van der Waals surface area (Å²) in [5, 5.41) is 0. The first-order valence-corrected chi connectivity index (χ1v) is 4.08. The molecule has 1 aliphatic heterocycles. The summed E-state index contributed by atoms with van der Waals surface area (Å²) >= 11 is -1.42. The maximum absolute atomic E-state index is 9.91. The summed E-state index contributed by atoms with van der Waals surface area (Å²) in [7, 11) is 0. The molecule has 3 nitrogen and oxygen atoms in total. The molecule has 0 unspecified atom stereocenters. The fourth-order valence-electron chi connectivity index (χ4n) is 0.238. The van der Waals surface area contributed by atoms with E-state index in [1.807, 2.05) is 0 Å².